The van der Waals surface area contributed by atoms with Crippen LogP contribution in [0.3, 0.4) is 0 Å². The highest BCUT2D eigenvalue weighted by atomic mass is 16.2. The molecular formula is C17H21N3O2. The topological polar surface area (TPSA) is 75.4 Å². The molecule has 2 aromatic rings. The van der Waals surface area contributed by atoms with Gasteiger partial charge in [0, 0.05) is 11.7 Å². The van der Waals surface area contributed by atoms with Gasteiger partial charge in [-0.25, -0.2) is 0 Å². The summed E-state index contributed by atoms with van der Waals surface area (Å²) in [4.78, 5) is 24.9. The number of rotatable bonds is 6. The predicted molar refractivity (Wildman–Crippen MR) is 88.5 cm³/mol. The molecule has 0 saturated carbocycles. The number of benzene rings is 2. The summed E-state index contributed by atoms with van der Waals surface area (Å²) in [5, 5.41) is 5.05. The zero-order valence-electron chi connectivity index (χ0n) is 12.9. The van der Waals surface area contributed by atoms with Crippen molar-refractivity contribution in [3.63, 3.8) is 0 Å². The Morgan fingerprint density at radius 2 is 1.77 bits per heavy atom. The van der Waals surface area contributed by atoms with Crippen LogP contribution in [0.15, 0.2) is 42.5 Å². The van der Waals surface area contributed by atoms with Crippen molar-refractivity contribution in [2.75, 3.05) is 18.4 Å². The van der Waals surface area contributed by atoms with E-state index >= 15 is 0 Å². The molecule has 5 heteroatoms. The zero-order valence-corrected chi connectivity index (χ0v) is 12.9. The number of carbonyl (C=O) groups is 2. The predicted octanol–water partition coefficient (Wildman–Crippen LogP) is 1.97. The van der Waals surface area contributed by atoms with Crippen molar-refractivity contribution in [1.82, 2.24) is 4.90 Å². The standard InChI is InChI=1S/C17H21N3O2/c1-12(2)20(10-16(18)21)11-17(22)19-15-8-7-13-5-3-4-6-14(13)9-15/h3-9,12H,10-11H2,1-2H3,(H2,18,21)(H,19,22). The highest BCUT2D eigenvalue weighted by Gasteiger charge is 2.16. The van der Waals surface area contributed by atoms with Crippen LogP contribution >= 0.6 is 0 Å². The molecule has 0 radical (unpaired) electrons. The normalized spacial score (nSPS) is 11.1. The second-order valence-corrected chi connectivity index (χ2v) is 5.58. The number of nitrogens with one attached hydrogen (secondary N) is 1. The van der Waals surface area contributed by atoms with Gasteiger partial charge >= 0.3 is 0 Å². The quantitative estimate of drug-likeness (QED) is 0.856. The number of amides is 2. The van der Waals surface area contributed by atoms with Crippen molar-refractivity contribution in [3.05, 3.63) is 42.5 Å². The Bertz CT molecular complexity index is 682. The van der Waals surface area contributed by atoms with E-state index in [0.29, 0.717) is 0 Å². The first-order valence-electron chi connectivity index (χ1n) is 7.26. The van der Waals surface area contributed by atoms with Crippen molar-refractivity contribution in [1.29, 1.82) is 0 Å². The summed E-state index contributed by atoms with van der Waals surface area (Å²) >= 11 is 0. The molecule has 0 aliphatic heterocycles. The molecule has 22 heavy (non-hydrogen) atoms. The van der Waals surface area contributed by atoms with E-state index in [0.717, 1.165) is 16.5 Å². The van der Waals surface area contributed by atoms with Crippen molar-refractivity contribution < 1.29 is 9.59 Å². The number of hydrogen-bond donors (Lipinski definition) is 2. The molecule has 0 aliphatic rings. The molecule has 0 atom stereocenters. The maximum atomic E-state index is 12.1. The Morgan fingerprint density at radius 1 is 1.09 bits per heavy atom. The van der Waals surface area contributed by atoms with Crippen LogP contribution in [-0.4, -0.2) is 35.8 Å². The van der Waals surface area contributed by atoms with E-state index in [4.69, 9.17) is 5.73 Å². The van der Waals surface area contributed by atoms with Gasteiger partial charge in [-0.2, -0.15) is 0 Å². The second-order valence-electron chi connectivity index (χ2n) is 5.58. The van der Waals surface area contributed by atoms with Gasteiger partial charge in [0.1, 0.15) is 0 Å². The van der Waals surface area contributed by atoms with Gasteiger partial charge in [-0.05, 0) is 36.8 Å². The van der Waals surface area contributed by atoms with Crippen LogP contribution in [0.5, 0.6) is 0 Å². The van der Waals surface area contributed by atoms with Crippen LogP contribution in [0.1, 0.15) is 13.8 Å². The Balaban J connectivity index is 2.04. The number of hydrogen-bond acceptors (Lipinski definition) is 3. The average Bonchev–Trinajstić information content (AvgIpc) is 2.45. The third-order valence-corrected chi connectivity index (χ3v) is 3.47. The molecule has 0 heterocycles. The van der Waals surface area contributed by atoms with Gasteiger partial charge in [0.15, 0.2) is 0 Å². The maximum absolute atomic E-state index is 12.1. The molecule has 5 nitrogen and oxygen atoms in total. The van der Waals surface area contributed by atoms with Crippen molar-refractivity contribution >= 4 is 28.3 Å². The monoisotopic (exact) mass is 299 g/mol. The van der Waals surface area contributed by atoms with E-state index in [9.17, 15) is 9.59 Å². The van der Waals surface area contributed by atoms with E-state index in [2.05, 4.69) is 5.32 Å². The molecule has 0 aromatic heterocycles. The maximum Gasteiger partial charge on any atom is 0.238 e. The molecule has 3 N–H and O–H groups in total. The molecular weight excluding hydrogens is 278 g/mol. The molecule has 0 unspecified atom stereocenters. The molecule has 0 bridgehead atoms. The number of carbonyl (C=O) groups excluding carboxylic acids is 2. The van der Waals surface area contributed by atoms with E-state index in [1.165, 1.54) is 0 Å². The molecule has 2 aromatic carbocycles. The van der Waals surface area contributed by atoms with Crippen molar-refractivity contribution in [2.24, 2.45) is 5.73 Å². The van der Waals surface area contributed by atoms with Crippen LogP contribution in [-0.2, 0) is 9.59 Å². The Kier molecular flexibility index (Phi) is 5.12. The number of nitrogens with zero attached hydrogens (tertiary/aromatic N) is 1. The first kappa shape index (κ1) is 16.0. The second kappa shape index (κ2) is 7.04. The lowest BCUT2D eigenvalue weighted by Crippen LogP contribution is -2.43. The first-order valence-corrected chi connectivity index (χ1v) is 7.26. The number of nitrogens with two attached hydrogens (primary N) is 1. The molecule has 2 amide bonds. The van der Waals surface area contributed by atoms with Gasteiger partial charge in [0.05, 0.1) is 13.1 Å². The summed E-state index contributed by atoms with van der Waals surface area (Å²) in [5.74, 6) is -0.600. The van der Waals surface area contributed by atoms with Crippen LogP contribution in [0.25, 0.3) is 10.8 Å². The van der Waals surface area contributed by atoms with Crippen LogP contribution in [0.2, 0.25) is 0 Å². The van der Waals surface area contributed by atoms with Gasteiger partial charge < -0.3 is 11.1 Å². The Hall–Kier alpha value is -2.40. The van der Waals surface area contributed by atoms with E-state index in [1.807, 2.05) is 56.3 Å². The lowest BCUT2D eigenvalue weighted by molar-refractivity contribution is -0.121. The summed E-state index contributed by atoms with van der Waals surface area (Å²) in [6, 6.07) is 13.8. The summed E-state index contributed by atoms with van der Waals surface area (Å²) in [6.45, 7) is 4.05. The lowest BCUT2D eigenvalue weighted by atomic mass is 10.1. The number of anilines is 1. The fourth-order valence-corrected chi connectivity index (χ4v) is 2.27. The minimum absolute atomic E-state index is 0.0647. The minimum atomic E-state index is -0.438. The van der Waals surface area contributed by atoms with Crippen molar-refractivity contribution in [3.8, 4) is 0 Å². The average molecular weight is 299 g/mol. The molecule has 116 valence electrons. The van der Waals surface area contributed by atoms with Gasteiger partial charge in [-0.1, -0.05) is 30.3 Å². The largest absolute Gasteiger partial charge is 0.369 e. The lowest BCUT2D eigenvalue weighted by Gasteiger charge is -2.24. The number of primary amides is 1. The Morgan fingerprint density at radius 3 is 2.41 bits per heavy atom. The molecule has 0 aliphatic carbocycles. The Labute approximate surface area is 130 Å². The number of fused-ring (bicyclic) bond motifs is 1. The van der Waals surface area contributed by atoms with Gasteiger partial charge in [0.2, 0.25) is 11.8 Å². The fourth-order valence-electron chi connectivity index (χ4n) is 2.27. The minimum Gasteiger partial charge on any atom is -0.369 e. The molecule has 0 saturated heterocycles. The molecule has 0 fully saturated rings. The summed E-state index contributed by atoms with van der Waals surface area (Å²) in [6.07, 6.45) is 0. The molecule has 2 rings (SSSR count). The van der Waals surface area contributed by atoms with E-state index in [1.54, 1.807) is 4.90 Å². The van der Waals surface area contributed by atoms with Crippen molar-refractivity contribution in [2.45, 2.75) is 19.9 Å². The molecule has 0 spiro atoms. The smallest absolute Gasteiger partial charge is 0.238 e. The van der Waals surface area contributed by atoms with E-state index < -0.39 is 5.91 Å². The first-order chi connectivity index (χ1) is 10.5. The fraction of sp³-hybridized carbons (Fsp3) is 0.294. The van der Waals surface area contributed by atoms with Gasteiger partial charge in [0.25, 0.3) is 0 Å². The van der Waals surface area contributed by atoms with Crippen LogP contribution < -0.4 is 11.1 Å². The SMILES string of the molecule is CC(C)N(CC(N)=O)CC(=O)Nc1ccc2ccccc2c1. The summed E-state index contributed by atoms with van der Waals surface area (Å²) in [7, 11) is 0. The van der Waals surface area contributed by atoms with E-state index in [-0.39, 0.29) is 25.0 Å². The van der Waals surface area contributed by atoms with Crippen LogP contribution in [0.4, 0.5) is 5.69 Å². The third-order valence-electron chi connectivity index (χ3n) is 3.47. The highest BCUT2D eigenvalue weighted by Crippen LogP contribution is 2.18. The summed E-state index contributed by atoms with van der Waals surface area (Å²) < 4.78 is 0. The van der Waals surface area contributed by atoms with Crippen LogP contribution in [0, 0.1) is 0 Å². The zero-order chi connectivity index (χ0) is 16.1. The third kappa shape index (κ3) is 4.30. The van der Waals surface area contributed by atoms with Gasteiger partial charge in [-0.3, -0.25) is 14.5 Å². The summed E-state index contributed by atoms with van der Waals surface area (Å²) in [5.41, 5.74) is 5.95. The van der Waals surface area contributed by atoms with Gasteiger partial charge in [-0.15, -0.1) is 0 Å². The highest BCUT2D eigenvalue weighted by molar-refractivity contribution is 5.95.